The van der Waals surface area contributed by atoms with Crippen LogP contribution in [0.5, 0.6) is 0 Å². The number of amides is 1. The molecule has 1 amide bonds. The van der Waals surface area contributed by atoms with Gasteiger partial charge < -0.3 is 15.4 Å². The van der Waals surface area contributed by atoms with E-state index in [4.69, 9.17) is 0 Å². The van der Waals surface area contributed by atoms with E-state index in [1.807, 2.05) is 0 Å². The normalized spacial score (nSPS) is 13.4. The number of pyridine rings is 2. The Morgan fingerprint density at radius 1 is 1.05 bits per heavy atom. The van der Waals surface area contributed by atoms with E-state index in [0.717, 1.165) is 51.4 Å². The fourth-order valence-electron chi connectivity index (χ4n) is 5.18. The number of anilines is 2. The van der Waals surface area contributed by atoms with Crippen molar-refractivity contribution in [2.45, 2.75) is 77.7 Å². The lowest BCUT2D eigenvalue weighted by atomic mass is 10.0. The summed E-state index contributed by atoms with van der Waals surface area (Å²) < 4.78 is 6.29. The van der Waals surface area contributed by atoms with Crippen molar-refractivity contribution < 1.29 is 19.1 Å². The molecule has 0 bridgehead atoms. The van der Waals surface area contributed by atoms with Crippen molar-refractivity contribution in [2.24, 2.45) is 0 Å². The Labute approximate surface area is 232 Å². The fraction of sp³-hybridized carbons (Fsp3) is 0.483. The molecule has 11 nitrogen and oxygen atoms in total. The summed E-state index contributed by atoms with van der Waals surface area (Å²) in [6, 6.07) is 3.33. The van der Waals surface area contributed by atoms with Gasteiger partial charge in [-0.15, -0.1) is 0 Å². The third-order valence-electron chi connectivity index (χ3n) is 7.34. The number of unbranched alkanes of at least 4 members (excludes halogenated alkanes) is 3. The number of aryl methyl sites for hydroxylation is 1. The molecule has 3 aromatic heterocycles. The Bertz CT molecular complexity index is 1440. The lowest BCUT2D eigenvalue weighted by Gasteiger charge is -2.19. The maximum Gasteiger partial charge on any atom is 0.305 e. The van der Waals surface area contributed by atoms with Crippen molar-refractivity contribution in [1.29, 1.82) is 0 Å². The van der Waals surface area contributed by atoms with Crippen LogP contribution in [0.4, 0.5) is 11.8 Å². The monoisotopic (exact) mass is 548 g/mol. The van der Waals surface area contributed by atoms with Crippen molar-refractivity contribution in [1.82, 2.24) is 24.8 Å². The number of nitrogens with one attached hydrogen (secondary N) is 2. The van der Waals surface area contributed by atoms with Crippen LogP contribution in [-0.4, -0.2) is 50.8 Å². The summed E-state index contributed by atoms with van der Waals surface area (Å²) in [4.78, 5) is 62.7. The molecule has 40 heavy (non-hydrogen) atoms. The van der Waals surface area contributed by atoms with Gasteiger partial charge in [-0.05, 0) is 57.2 Å². The third kappa shape index (κ3) is 6.70. The van der Waals surface area contributed by atoms with Gasteiger partial charge in [-0.1, -0.05) is 25.7 Å². The summed E-state index contributed by atoms with van der Waals surface area (Å²) in [7, 11) is 1.38. The third-order valence-corrected chi connectivity index (χ3v) is 7.34. The number of aromatic nitrogens is 4. The smallest absolute Gasteiger partial charge is 0.305 e. The Morgan fingerprint density at radius 2 is 1.80 bits per heavy atom. The molecule has 0 aliphatic heterocycles. The average molecular weight is 549 g/mol. The Hall–Kier alpha value is -4.15. The van der Waals surface area contributed by atoms with Gasteiger partial charge in [-0.25, -0.2) is 9.97 Å². The van der Waals surface area contributed by atoms with E-state index in [1.165, 1.54) is 20.2 Å². The molecule has 212 valence electrons. The van der Waals surface area contributed by atoms with Gasteiger partial charge in [-0.3, -0.25) is 23.7 Å². The summed E-state index contributed by atoms with van der Waals surface area (Å²) in [6.45, 7) is 3.71. The maximum absolute atomic E-state index is 13.4. The number of ketones is 1. The standard InChI is InChI=1S/C29H36N6O5/c1-18-22-17-32-29(34-26(22)35(21-10-7-8-11-21)28(39)25(18)19(2)36)33-23-14-13-20(16-31-23)27(38)30-15-9-5-4-6-12-24(37)40-3/h13-14,16-17,21H,4-12,15H2,1-3H3,(H,30,38)(H,31,32,33,34). The zero-order valence-corrected chi connectivity index (χ0v) is 23.3. The van der Waals surface area contributed by atoms with Crippen molar-refractivity contribution in [3.05, 3.63) is 51.6 Å². The minimum atomic E-state index is -0.302. The summed E-state index contributed by atoms with van der Waals surface area (Å²) in [5, 5.41) is 6.61. The van der Waals surface area contributed by atoms with Crippen LogP contribution < -0.4 is 16.2 Å². The van der Waals surface area contributed by atoms with E-state index in [2.05, 4.69) is 30.3 Å². The van der Waals surface area contributed by atoms with Gasteiger partial charge in [0.15, 0.2) is 5.78 Å². The number of methoxy groups -OCH3 is 1. The molecule has 0 spiro atoms. The van der Waals surface area contributed by atoms with Crippen LogP contribution in [-0.2, 0) is 9.53 Å². The summed E-state index contributed by atoms with van der Waals surface area (Å²) in [6.07, 6.45) is 10.7. The molecule has 4 rings (SSSR count). The molecule has 0 unspecified atom stereocenters. The zero-order chi connectivity index (χ0) is 28.6. The Balaban J connectivity index is 1.42. The number of hydrogen-bond acceptors (Lipinski definition) is 9. The molecule has 1 aliphatic rings. The number of hydrogen-bond donors (Lipinski definition) is 2. The second-order valence-electron chi connectivity index (χ2n) is 10.2. The Kier molecular flexibility index (Phi) is 9.57. The quantitative estimate of drug-likeness (QED) is 0.191. The van der Waals surface area contributed by atoms with Crippen LogP contribution in [0.2, 0.25) is 0 Å². The minimum absolute atomic E-state index is 0.00719. The first kappa shape index (κ1) is 28.8. The molecule has 0 aromatic carbocycles. The molecule has 2 N–H and O–H groups in total. The molecule has 1 aliphatic carbocycles. The SMILES string of the molecule is COC(=O)CCCCCCNC(=O)c1ccc(Nc2ncc3c(C)c(C(C)=O)c(=O)n(C4CCCC4)c3n2)nc1. The van der Waals surface area contributed by atoms with Crippen molar-refractivity contribution in [2.75, 3.05) is 19.0 Å². The number of fused-ring (bicyclic) bond motifs is 1. The highest BCUT2D eigenvalue weighted by molar-refractivity contribution is 5.99. The van der Waals surface area contributed by atoms with Gasteiger partial charge in [-0.2, -0.15) is 4.98 Å². The minimum Gasteiger partial charge on any atom is -0.469 e. The highest BCUT2D eigenvalue weighted by Gasteiger charge is 2.25. The first-order chi connectivity index (χ1) is 19.3. The van der Waals surface area contributed by atoms with Gasteiger partial charge in [0.05, 0.1) is 18.2 Å². The van der Waals surface area contributed by atoms with Crippen LogP contribution in [0.3, 0.4) is 0 Å². The van der Waals surface area contributed by atoms with Crippen LogP contribution in [0.15, 0.2) is 29.3 Å². The van der Waals surface area contributed by atoms with Crippen LogP contribution in [0.25, 0.3) is 11.0 Å². The number of ether oxygens (including phenoxy) is 1. The van der Waals surface area contributed by atoms with E-state index in [0.29, 0.717) is 40.9 Å². The number of Topliss-reactive ketones (excluding diaryl/α,β-unsaturated/α-hetero) is 1. The zero-order valence-electron chi connectivity index (χ0n) is 23.3. The molecule has 3 heterocycles. The van der Waals surface area contributed by atoms with Gasteiger partial charge in [0, 0.05) is 36.8 Å². The van der Waals surface area contributed by atoms with Crippen LogP contribution in [0.1, 0.15) is 97.0 Å². The van der Waals surface area contributed by atoms with Gasteiger partial charge in [0.25, 0.3) is 11.5 Å². The number of carbonyl (C=O) groups excluding carboxylic acids is 3. The Morgan fingerprint density at radius 3 is 2.48 bits per heavy atom. The average Bonchev–Trinajstić information content (AvgIpc) is 3.47. The van der Waals surface area contributed by atoms with E-state index in [1.54, 1.807) is 29.8 Å². The summed E-state index contributed by atoms with van der Waals surface area (Å²) in [5.41, 5.74) is 1.40. The molecule has 11 heteroatoms. The van der Waals surface area contributed by atoms with Gasteiger partial charge >= 0.3 is 5.97 Å². The van der Waals surface area contributed by atoms with Crippen LogP contribution >= 0.6 is 0 Å². The summed E-state index contributed by atoms with van der Waals surface area (Å²) in [5.74, 6) is 0.0441. The van der Waals surface area contributed by atoms with Crippen LogP contribution in [0, 0.1) is 6.92 Å². The van der Waals surface area contributed by atoms with E-state index in [-0.39, 0.29) is 40.8 Å². The van der Waals surface area contributed by atoms with Crippen molar-refractivity contribution in [3.8, 4) is 0 Å². The molecule has 3 aromatic rings. The molecule has 1 fully saturated rings. The number of nitrogens with zero attached hydrogens (tertiary/aromatic N) is 4. The fourth-order valence-corrected chi connectivity index (χ4v) is 5.18. The molecular formula is C29H36N6O5. The summed E-state index contributed by atoms with van der Waals surface area (Å²) >= 11 is 0. The topological polar surface area (TPSA) is 145 Å². The first-order valence-corrected chi connectivity index (χ1v) is 13.8. The van der Waals surface area contributed by atoms with E-state index < -0.39 is 0 Å². The molecule has 0 saturated heterocycles. The second kappa shape index (κ2) is 13.3. The van der Waals surface area contributed by atoms with E-state index in [9.17, 15) is 19.2 Å². The lowest BCUT2D eigenvalue weighted by Crippen LogP contribution is -2.30. The molecular weight excluding hydrogens is 512 g/mol. The first-order valence-electron chi connectivity index (χ1n) is 13.8. The van der Waals surface area contributed by atoms with Gasteiger partial charge in [0.1, 0.15) is 11.5 Å². The van der Waals surface area contributed by atoms with Crippen molar-refractivity contribution >= 4 is 40.5 Å². The molecule has 0 atom stereocenters. The number of esters is 1. The molecule has 0 radical (unpaired) electrons. The van der Waals surface area contributed by atoms with Gasteiger partial charge in [0.2, 0.25) is 5.95 Å². The highest BCUT2D eigenvalue weighted by Crippen LogP contribution is 2.32. The maximum atomic E-state index is 13.4. The predicted octanol–water partition coefficient (Wildman–Crippen LogP) is 4.41. The highest BCUT2D eigenvalue weighted by atomic mass is 16.5. The number of rotatable bonds is 12. The van der Waals surface area contributed by atoms with Crippen molar-refractivity contribution in [3.63, 3.8) is 0 Å². The largest absolute Gasteiger partial charge is 0.469 e. The predicted molar refractivity (Wildman–Crippen MR) is 151 cm³/mol. The number of carbonyl (C=O) groups is 3. The lowest BCUT2D eigenvalue weighted by molar-refractivity contribution is -0.140. The second-order valence-corrected chi connectivity index (χ2v) is 10.2. The molecule has 1 saturated carbocycles. The van der Waals surface area contributed by atoms with E-state index >= 15 is 0 Å².